The highest BCUT2D eigenvalue weighted by Gasteiger charge is 2.45. The Bertz CT molecular complexity index is 160. The van der Waals surface area contributed by atoms with Gasteiger partial charge in [-0.05, 0) is 12.3 Å². The van der Waals surface area contributed by atoms with E-state index in [1.54, 1.807) is 0 Å². The van der Waals surface area contributed by atoms with Gasteiger partial charge < -0.3 is 4.74 Å². The van der Waals surface area contributed by atoms with Gasteiger partial charge in [0.1, 0.15) is 0 Å². The van der Waals surface area contributed by atoms with E-state index in [9.17, 15) is 0 Å². The van der Waals surface area contributed by atoms with Gasteiger partial charge in [0.25, 0.3) is 0 Å². The Morgan fingerprint density at radius 3 is 3.17 bits per heavy atom. The molecule has 12 heavy (non-hydrogen) atoms. The van der Waals surface area contributed by atoms with Crippen LogP contribution in [0.5, 0.6) is 0 Å². The average Bonchev–Trinajstić information content (AvgIpc) is 2.84. The van der Waals surface area contributed by atoms with Gasteiger partial charge in [-0.15, -0.1) is 0 Å². The van der Waals surface area contributed by atoms with Gasteiger partial charge in [-0.25, -0.2) is 0 Å². The van der Waals surface area contributed by atoms with Crippen LogP contribution in [-0.2, 0) is 4.74 Å². The molecule has 0 spiro atoms. The zero-order valence-corrected chi connectivity index (χ0v) is 8.12. The third-order valence-electron chi connectivity index (χ3n) is 3.12. The number of rotatable bonds is 3. The van der Waals surface area contributed by atoms with Crippen LogP contribution < -0.4 is 0 Å². The van der Waals surface area contributed by atoms with E-state index in [2.05, 4.69) is 18.7 Å². The number of hydrogen-bond donors (Lipinski definition) is 0. The maximum absolute atomic E-state index is 5.56. The molecule has 0 aromatic carbocycles. The molecule has 2 rings (SSSR count). The van der Waals surface area contributed by atoms with Crippen LogP contribution in [0.15, 0.2) is 0 Å². The van der Waals surface area contributed by atoms with Gasteiger partial charge in [0.05, 0.1) is 12.7 Å². The molecule has 2 aliphatic rings. The molecule has 3 atom stereocenters. The van der Waals surface area contributed by atoms with Crippen molar-refractivity contribution in [3.05, 3.63) is 0 Å². The fraction of sp³-hybridized carbons (Fsp3) is 1.00. The lowest BCUT2D eigenvalue weighted by molar-refractivity contribution is 0.0255. The molecule has 1 heterocycles. The Kier molecular flexibility index (Phi) is 2.37. The standard InChI is InChI=1S/C10H19NO/c1-3-8(2)7-11-4-5-12-10-6-9(10)11/h8-10H,3-7H2,1-2H3. The monoisotopic (exact) mass is 169 g/mol. The summed E-state index contributed by atoms with van der Waals surface area (Å²) in [5.74, 6) is 0.851. The largest absolute Gasteiger partial charge is 0.375 e. The van der Waals surface area contributed by atoms with E-state index < -0.39 is 0 Å². The van der Waals surface area contributed by atoms with Gasteiger partial charge >= 0.3 is 0 Å². The van der Waals surface area contributed by atoms with Gasteiger partial charge in [0.15, 0.2) is 0 Å². The van der Waals surface area contributed by atoms with Crippen LogP contribution in [0.3, 0.4) is 0 Å². The van der Waals surface area contributed by atoms with E-state index in [4.69, 9.17) is 4.74 Å². The van der Waals surface area contributed by atoms with E-state index >= 15 is 0 Å². The van der Waals surface area contributed by atoms with Crippen LogP contribution in [0.1, 0.15) is 26.7 Å². The summed E-state index contributed by atoms with van der Waals surface area (Å²) in [6.45, 7) is 8.01. The van der Waals surface area contributed by atoms with Gasteiger partial charge in [0, 0.05) is 19.1 Å². The minimum absolute atomic E-state index is 0.600. The summed E-state index contributed by atoms with van der Waals surface area (Å²) in [6.07, 6.45) is 3.19. The first-order valence-electron chi connectivity index (χ1n) is 5.17. The first-order chi connectivity index (χ1) is 5.81. The first kappa shape index (κ1) is 8.52. The van der Waals surface area contributed by atoms with Crippen LogP contribution in [0.4, 0.5) is 0 Å². The molecule has 0 aromatic heterocycles. The van der Waals surface area contributed by atoms with Crippen molar-refractivity contribution in [2.45, 2.75) is 38.8 Å². The van der Waals surface area contributed by atoms with Crippen molar-refractivity contribution < 1.29 is 4.74 Å². The fourth-order valence-corrected chi connectivity index (χ4v) is 1.97. The summed E-state index contributed by atoms with van der Waals surface area (Å²) in [6, 6.07) is 0.785. The molecular formula is C10H19NO. The summed E-state index contributed by atoms with van der Waals surface area (Å²) >= 11 is 0. The predicted molar refractivity (Wildman–Crippen MR) is 49.2 cm³/mol. The average molecular weight is 169 g/mol. The molecule has 1 aliphatic heterocycles. The lowest BCUT2D eigenvalue weighted by atomic mass is 10.1. The second-order valence-corrected chi connectivity index (χ2v) is 4.22. The maximum Gasteiger partial charge on any atom is 0.0747 e. The van der Waals surface area contributed by atoms with Crippen LogP contribution in [0, 0.1) is 5.92 Å². The lowest BCUT2D eigenvalue weighted by Crippen LogP contribution is -2.39. The molecule has 3 unspecified atom stereocenters. The highest BCUT2D eigenvalue weighted by molar-refractivity contribution is 4.99. The lowest BCUT2D eigenvalue weighted by Gasteiger charge is -2.28. The summed E-state index contributed by atoms with van der Waals surface area (Å²) in [5.41, 5.74) is 0. The van der Waals surface area contributed by atoms with Crippen LogP contribution >= 0.6 is 0 Å². The van der Waals surface area contributed by atoms with Crippen molar-refractivity contribution in [3.8, 4) is 0 Å². The van der Waals surface area contributed by atoms with Gasteiger partial charge in [-0.1, -0.05) is 20.3 Å². The van der Waals surface area contributed by atoms with Crippen molar-refractivity contribution in [3.63, 3.8) is 0 Å². The van der Waals surface area contributed by atoms with Crippen LogP contribution in [0.25, 0.3) is 0 Å². The summed E-state index contributed by atoms with van der Waals surface area (Å²) in [5, 5.41) is 0. The van der Waals surface area contributed by atoms with Crippen LogP contribution in [-0.4, -0.2) is 36.7 Å². The minimum atomic E-state index is 0.600. The third-order valence-corrected chi connectivity index (χ3v) is 3.12. The molecule has 0 radical (unpaired) electrons. The highest BCUT2D eigenvalue weighted by Crippen LogP contribution is 2.34. The smallest absolute Gasteiger partial charge is 0.0747 e. The Labute approximate surface area is 74.9 Å². The van der Waals surface area contributed by atoms with Gasteiger partial charge in [-0.3, -0.25) is 4.90 Å². The Morgan fingerprint density at radius 2 is 2.42 bits per heavy atom. The number of fused-ring (bicyclic) bond motifs is 1. The molecule has 2 nitrogen and oxygen atoms in total. The predicted octanol–water partition coefficient (Wildman–Crippen LogP) is 1.51. The Balaban J connectivity index is 1.79. The molecule has 1 aliphatic carbocycles. The number of ether oxygens (including phenoxy) is 1. The third kappa shape index (κ3) is 1.64. The van der Waals surface area contributed by atoms with E-state index in [0.29, 0.717) is 6.10 Å². The van der Waals surface area contributed by atoms with E-state index in [0.717, 1.165) is 25.1 Å². The van der Waals surface area contributed by atoms with Crippen molar-refractivity contribution in [1.82, 2.24) is 4.90 Å². The maximum atomic E-state index is 5.56. The van der Waals surface area contributed by atoms with Crippen molar-refractivity contribution in [1.29, 1.82) is 0 Å². The summed E-state index contributed by atoms with van der Waals surface area (Å²) in [4.78, 5) is 2.61. The Morgan fingerprint density at radius 1 is 1.58 bits per heavy atom. The highest BCUT2D eigenvalue weighted by atomic mass is 16.5. The van der Waals surface area contributed by atoms with Crippen molar-refractivity contribution >= 4 is 0 Å². The molecular weight excluding hydrogens is 150 g/mol. The molecule has 2 heteroatoms. The second kappa shape index (κ2) is 3.35. The Hall–Kier alpha value is -0.0800. The fourth-order valence-electron chi connectivity index (χ4n) is 1.97. The molecule has 70 valence electrons. The van der Waals surface area contributed by atoms with Crippen molar-refractivity contribution in [2.24, 2.45) is 5.92 Å². The van der Waals surface area contributed by atoms with E-state index in [1.807, 2.05) is 0 Å². The molecule has 0 amide bonds. The molecule has 0 N–H and O–H groups in total. The minimum Gasteiger partial charge on any atom is -0.375 e. The van der Waals surface area contributed by atoms with Crippen molar-refractivity contribution in [2.75, 3.05) is 19.7 Å². The van der Waals surface area contributed by atoms with Crippen LogP contribution in [0.2, 0.25) is 0 Å². The first-order valence-corrected chi connectivity index (χ1v) is 5.17. The summed E-state index contributed by atoms with van der Waals surface area (Å²) < 4.78 is 5.56. The molecule has 0 aromatic rings. The normalized spacial score (nSPS) is 37.5. The number of nitrogens with zero attached hydrogens (tertiary/aromatic N) is 1. The van der Waals surface area contributed by atoms with Gasteiger partial charge in [0.2, 0.25) is 0 Å². The quantitative estimate of drug-likeness (QED) is 0.635. The molecule has 0 bridgehead atoms. The number of morpholine rings is 1. The van der Waals surface area contributed by atoms with E-state index in [1.165, 1.54) is 19.4 Å². The topological polar surface area (TPSA) is 12.5 Å². The number of hydrogen-bond acceptors (Lipinski definition) is 2. The van der Waals surface area contributed by atoms with E-state index in [-0.39, 0.29) is 0 Å². The zero-order valence-electron chi connectivity index (χ0n) is 8.12. The summed E-state index contributed by atoms with van der Waals surface area (Å²) in [7, 11) is 0. The molecule has 2 fully saturated rings. The SMILES string of the molecule is CCC(C)CN1CCOC2CC21. The van der Waals surface area contributed by atoms with Gasteiger partial charge in [-0.2, -0.15) is 0 Å². The second-order valence-electron chi connectivity index (χ2n) is 4.22. The zero-order chi connectivity index (χ0) is 8.55. The molecule has 1 saturated heterocycles. The molecule has 1 saturated carbocycles.